The van der Waals surface area contributed by atoms with Gasteiger partial charge in [0.2, 0.25) is 0 Å². The number of rotatable bonds is 4. The van der Waals surface area contributed by atoms with Crippen LogP contribution in [0.5, 0.6) is 0 Å². The van der Waals surface area contributed by atoms with Crippen LogP contribution in [0, 0.1) is 0 Å². The molecule has 2 aromatic rings. The van der Waals surface area contributed by atoms with Gasteiger partial charge in [-0.2, -0.15) is 8.42 Å². The Bertz CT molecular complexity index is 596. The smallest absolute Gasteiger partial charge is 0.264 e. The van der Waals surface area contributed by atoms with E-state index < -0.39 is 10.4 Å². The molecule has 0 aliphatic heterocycles. The molecule has 0 saturated carbocycles. The van der Waals surface area contributed by atoms with E-state index in [1.54, 1.807) is 0 Å². The lowest BCUT2D eigenvalue weighted by Gasteiger charge is -1.91. The Morgan fingerprint density at radius 2 is 1.00 bits per heavy atom. The molecule has 0 aliphatic rings. The average Bonchev–Trinajstić information content (AvgIpc) is 2.49. The minimum atomic E-state index is -4.67. The molecule has 0 fully saturated rings. The topological polar surface area (TPSA) is 74.6 Å². The van der Waals surface area contributed by atoms with Gasteiger partial charge in [0, 0.05) is 0 Å². The molecule has 0 bridgehead atoms. The van der Waals surface area contributed by atoms with Gasteiger partial charge in [0.1, 0.15) is 0 Å². The summed E-state index contributed by atoms with van der Waals surface area (Å²) in [7, 11) is -4.67. The Hall–Kier alpha value is -2.21. The summed E-state index contributed by atoms with van der Waals surface area (Å²) >= 11 is 0. The van der Waals surface area contributed by atoms with Crippen molar-refractivity contribution in [3.8, 4) is 0 Å². The van der Waals surface area contributed by atoms with Crippen molar-refractivity contribution in [2.75, 3.05) is 0 Å². The van der Waals surface area contributed by atoms with Crippen molar-refractivity contribution in [2.24, 2.45) is 0 Å². The van der Waals surface area contributed by atoms with Crippen LogP contribution in [-0.4, -0.2) is 17.5 Å². The summed E-state index contributed by atoms with van der Waals surface area (Å²) < 4.78 is 31.6. The van der Waals surface area contributed by atoms with E-state index in [1.165, 1.54) is 11.1 Å². The summed E-state index contributed by atoms with van der Waals surface area (Å²) in [4.78, 5) is 0. The van der Waals surface area contributed by atoms with Crippen molar-refractivity contribution in [2.45, 2.75) is 12.8 Å². The van der Waals surface area contributed by atoms with Crippen molar-refractivity contribution in [1.82, 2.24) is 0 Å². The summed E-state index contributed by atoms with van der Waals surface area (Å²) in [5.74, 6) is 0. The lowest BCUT2D eigenvalue weighted by atomic mass is 10.2. The third-order valence-electron chi connectivity index (χ3n) is 2.45. The van der Waals surface area contributed by atoms with Gasteiger partial charge in [0.05, 0.1) is 0 Å². The minimum absolute atomic E-state index is 0.973. The highest BCUT2D eigenvalue weighted by Gasteiger charge is 1.85. The van der Waals surface area contributed by atoms with E-state index in [2.05, 4.69) is 37.4 Å². The highest BCUT2D eigenvalue weighted by atomic mass is 32.3. The lowest BCUT2D eigenvalue weighted by Crippen LogP contribution is -1.89. The predicted molar refractivity (Wildman–Crippen MR) is 94.9 cm³/mol. The molecule has 23 heavy (non-hydrogen) atoms. The van der Waals surface area contributed by atoms with Gasteiger partial charge in [-0.1, -0.05) is 72.8 Å². The zero-order valence-electron chi connectivity index (χ0n) is 12.9. The number of hydrogen-bond donors (Lipinski definition) is 2. The second-order valence-electron chi connectivity index (χ2n) is 4.40. The van der Waals surface area contributed by atoms with E-state index in [9.17, 15) is 0 Å². The fourth-order valence-electron chi connectivity index (χ4n) is 1.56. The first kappa shape index (κ1) is 20.8. The average molecular weight is 334 g/mol. The first-order valence-corrected chi connectivity index (χ1v) is 8.26. The first-order valence-electron chi connectivity index (χ1n) is 6.86. The summed E-state index contributed by atoms with van der Waals surface area (Å²) in [5, 5.41) is 0. The van der Waals surface area contributed by atoms with Crippen LogP contribution in [0.4, 0.5) is 0 Å². The van der Waals surface area contributed by atoms with E-state index in [4.69, 9.17) is 17.5 Å². The standard InChI is InChI=1S/2C9H10.H2O4S/c2*1-2-6-9-7-4-3-5-8-9;1-5(2,3)4/h2*2-5,7-8H,1,6H2;(H2,1,2,3,4). The molecule has 0 radical (unpaired) electrons. The maximum absolute atomic E-state index is 8.74. The molecular formula is C18H22O4S. The lowest BCUT2D eigenvalue weighted by molar-refractivity contribution is 0.381. The zero-order chi connectivity index (χ0) is 17.6. The van der Waals surface area contributed by atoms with Gasteiger partial charge in [-0.3, -0.25) is 9.11 Å². The Morgan fingerprint density at radius 1 is 0.739 bits per heavy atom. The van der Waals surface area contributed by atoms with Crippen molar-refractivity contribution in [1.29, 1.82) is 0 Å². The summed E-state index contributed by atoms with van der Waals surface area (Å²) in [5.41, 5.74) is 2.65. The molecule has 2 rings (SSSR count). The van der Waals surface area contributed by atoms with E-state index in [1.807, 2.05) is 48.6 Å². The normalized spacial score (nSPS) is 9.48. The monoisotopic (exact) mass is 334 g/mol. The van der Waals surface area contributed by atoms with Crippen LogP contribution in [0.1, 0.15) is 11.1 Å². The van der Waals surface area contributed by atoms with E-state index in [0.29, 0.717) is 0 Å². The fraction of sp³-hybridized carbons (Fsp3) is 0.111. The van der Waals surface area contributed by atoms with Crippen LogP contribution in [0.25, 0.3) is 0 Å². The van der Waals surface area contributed by atoms with E-state index in [0.717, 1.165) is 12.8 Å². The molecule has 2 N–H and O–H groups in total. The van der Waals surface area contributed by atoms with Crippen LogP contribution >= 0.6 is 0 Å². The SMILES string of the molecule is C=CCc1ccccc1.C=CCc1ccccc1.O=S(=O)(O)O. The largest absolute Gasteiger partial charge is 0.394 e. The molecule has 124 valence electrons. The Balaban J connectivity index is 0.000000332. The van der Waals surface area contributed by atoms with E-state index in [-0.39, 0.29) is 0 Å². The number of hydrogen-bond acceptors (Lipinski definition) is 2. The maximum atomic E-state index is 8.74. The van der Waals surface area contributed by atoms with Crippen LogP contribution in [0.3, 0.4) is 0 Å². The molecule has 0 aliphatic carbocycles. The molecule has 5 heteroatoms. The van der Waals surface area contributed by atoms with Crippen LogP contribution in [0.15, 0.2) is 86.0 Å². The maximum Gasteiger partial charge on any atom is 0.394 e. The highest BCUT2D eigenvalue weighted by molar-refractivity contribution is 7.79. The molecule has 0 unspecified atom stereocenters. The number of benzene rings is 2. The molecule has 0 atom stereocenters. The van der Waals surface area contributed by atoms with Crippen molar-refractivity contribution in [3.05, 3.63) is 97.1 Å². The minimum Gasteiger partial charge on any atom is -0.264 e. The third kappa shape index (κ3) is 16.0. The van der Waals surface area contributed by atoms with Crippen LogP contribution < -0.4 is 0 Å². The quantitative estimate of drug-likeness (QED) is 0.650. The van der Waals surface area contributed by atoms with Gasteiger partial charge >= 0.3 is 10.4 Å². The molecule has 0 heterocycles. The Kier molecular flexibility index (Phi) is 11.2. The van der Waals surface area contributed by atoms with Gasteiger partial charge < -0.3 is 0 Å². The number of allylic oxidation sites excluding steroid dienone is 2. The molecule has 0 aromatic heterocycles. The van der Waals surface area contributed by atoms with Crippen LogP contribution in [0.2, 0.25) is 0 Å². The van der Waals surface area contributed by atoms with Gasteiger partial charge in [-0.25, -0.2) is 0 Å². The highest BCUT2D eigenvalue weighted by Crippen LogP contribution is 1.99. The predicted octanol–water partition coefficient (Wildman–Crippen LogP) is 4.18. The van der Waals surface area contributed by atoms with E-state index >= 15 is 0 Å². The molecular weight excluding hydrogens is 312 g/mol. The fourth-order valence-corrected chi connectivity index (χ4v) is 1.56. The molecule has 4 nitrogen and oxygen atoms in total. The van der Waals surface area contributed by atoms with Gasteiger partial charge in [-0.05, 0) is 24.0 Å². The summed E-state index contributed by atoms with van der Waals surface area (Å²) in [6.45, 7) is 7.31. The zero-order valence-corrected chi connectivity index (χ0v) is 13.7. The van der Waals surface area contributed by atoms with Crippen molar-refractivity contribution >= 4 is 10.4 Å². The third-order valence-corrected chi connectivity index (χ3v) is 2.45. The van der Waals surface area contributed by atoms with Crippen molar-refractivity contribution in [3.63, 3.8) is 0 Å². The Labute approximate surface area is 138 Å². The molecule has 0 amide bonds. The second kappa shape index (κ2) is 12.3. The molecule has 0 spiro atoms. The van der Waals surface area contributed by atoms with Gasteiger partial charge in [-0.15, -0.1) is 13.2 Å². The van der Waals surface area contributed by atoms with Crippen LogP contribution in [-0.2, 0) is 23.2 Å². The van der Waals surface area contributed by atoms with Crippen molar-refractivity contribution < 1.29 is 17.5 Å². The Morgan fingerprint density at radius 3 is 1.22 bits per heavy atom. The second-order valence-corrected chi connectivity index (χ2v) is 5.30. The van der Waals surface area contributed by atoms with Gasteiger partial charge in [0.25, 0.3) is 0 Å². The summed E-state index contributed by atoms with van der Waals surface area (Å²) in [6.07, 6.45) is 5.77. The first-order chi connectivity index (χ1) is 10.9. The van der Waals surface area contributed by atoms with Gasteiger partial charge in [0.15, 0.2) is 0 Å². The molecule has 2 aromatic carbocycles. The summed E-state index contributed by atoms with van der Waals surface area (Å²) in [6, 6.07) is 20.6. The molecule has 0 saturated heterocycles.